The SMILES string of the molecule is Cl.Oc1cc2c(c3c1=c1ccccc1=C(F)C(F)=C3F)COC(c1ccc(OCCN3CCCCC3)cc1)C=2. The second-order valence-electron chi connectivity index (χ2n) is 9.92. The van der Waals surface area contributed by atoms with E-state index in [1.807, 2.05) is 24.3 Å². The third-order valence-corrected chi connectivity index (χ3v) is 7.56. The average Bonchev–Trinajstić information content (AvgIpc) is 3.03. The van der Waals surface area contributed by atoms with Crippen LogP contribution >= 0.6 is 12.4 Å². The van der Waals surface area contributed by atoms with Gasteiger partial charge in [0.05, 0.1) is 6.61 Å². The maximum Gasteiger partial charge on any atom is 0.195 e. The van der Waals surface area contributed by atoms with Gasteiger partial charge in [0.1, 0.15) is 24.2 Å². The van der Waals surface area contributed by atoms with Gasteiger partial charge in [-0.15, -0.1) is 12.4 Å². The summed E-state index contributed by atoms with van der Waals surface area (Å²) in [7, 11) is 0. The number of allylic oxidation sites excluding steroid dienone is 1. The number of likely N-dealkylation sites (tertiary alicyclic amines) is 1. The minimum absolute atomic E-state index is 0. The van der Waals surface area contributed by atoms with Gasteiger partial charge in [0.25, 0.3) is 0 Å². The summed E-state index contributed by atoms with van der Waals surface area (Å²) in [5, 5.41) is 11.6. The minimum atomic E-state index is -1.58. The number of piperidine rings is 1. The maximum absolute atomic E-state index is 15.3. The van der Waals surface area contributed by atoms with E-state index in [0.717, 1.165) is 30.9 Å². The molecule has 0 aromatic heterocycles. The minimum Gasteiger partial charge on any atom is -0.507 e. The Morgan fingerprint density at radius 1 is 0.897 bits per heavy atom. The zero-order valence-corrected chi connectivity index (χ0v) is 22.1. The number of ether oxygens (including phenoxy) is 2. The van der Waals surface area contributed by atoms with Crippen LogP contribution in [0.5, 0.6) is 11.5 Å². The molecular weight excluding hydrogens is 527 g/mol. The van der Waals surface area contributed by atoms with Gasteiger partial charge in [-0.1, -0.05) is 42.8 Å². The number of aromatic hydroxyl groups is 1. The zero-order valence-electron chi connectivity index (χ0n) is 21.3. The Labute approximate surface area is 230 Å². The molecule has 39 heavy (non-hydrogen) atoms. The van der Waals surface area contributed by atoms with E-state index in [-0.39, 0.29) is 46.0 Å². The largest absolute Gasteiger partial charge is 0.507 e. The lowest BCUT2D eigenvalue weighted by Gasteiger charge is -2.26. The second-order valence-corrected chi connectivity index (χ2v) is 9.92. The molecule has 2 aliphatic heterocycles. The molecule has 1 aliphatic carbocycles. The van der Waals surface area contributed by atoms with Crippen molar-refractivity contribution < 1.29 is 27.8 Å². The van der Waals surface area contributed by atoms with Gasteiger partial charge in [0, 0.05) is 22.5 Å². The molecule has 8 heteroatoms. The summed E-state index contributed by atoms with van der Waals surface area (Å²) in [6.07, 6.45) is 5.10. The number of benzene rings is 3. The fraction of sp³-hybridized carbons (Fsp3) is 0.290. The van der Waals surface area contributed by atoms with Crippen LogP contribution in [0.25, 0.3) is 17.7 Å². The average molecular weight is 556 g/mol. The van der Waals surface area contributed by atoms with Crippen molar-refractivity contribution in [2.45, 2.75) is 32.0 Å². The number of rotatable bonds is 5. The van der Waals surface area contributed by atoms with Crippen molar-refractivity contribution in [2.75, 3.05) is 26.2 Å². The highest BCUT2D eigenvalue weighted by atomic mass is 35.5. The van der Waals surface area contributed by atoms with Gasteiger partial charge in [0.15, 0.2) is 17.5 Å². The normalized spacial score (nSPS) is 18.7. The quantitative estimate of drug-likeness (QED) is 0.437. The van der Waals surface area contributed by atoms with Gasteiger partial charge in [-0.3, -0.25) is 4.90 Å². The monoisotopic (exact) mass is 555 g/mol. The molecule has 204 valence electrons. The summed E-state index contributed by atoms with van der Waals surface area (Å²) < 4.78 is 56.9. The van der Waals surface area contributed by atoms with Crippen molar-refractivity contribution in [3.8, 4) is 11.5 Å². The van der Waals surface area contributed by atoms with Gasteiger partial charge < -0.3 is 14.6 Å². The summed E-state index contributed by atoms with van der Waals surface area (Å²) in [5.41, 5.74) is 1.05. The molecule has 0 spiro atoms. The Kier molecular flexibility index (Phi) is 8.03. The summed E-state index contributed by atoms with van der Waals surface area (Å²) in [4.78, 5) is 2.42. The summed E-state index contributed by atoms with van der Waals surface area (Å²) in [5.74, 6) is -3.70. The van der Waals surface area contributed by atoms with E-state index < -0.39 is 23.6 Å². The standard InChI is InChI=1S/C31H28F3NO3.ClH/c32-29-23-7-3-2-6-22(23)27-25(36)16-20-17-26(38-18-24(20)28(27)30(33)31(29)34)19-8-10-21(11-9-19)37-15-14-35-12-4-1-5-13-35;/h2-3,6-11,16-17,26,36H,1,4-5,12-15,18H2;1H. The zero-order chi connectivity index (χ0) is 26.2. The van der Waals surface area contributed by atoms with Gasteiger partial charge in [-0.05, 0) is 71.8 Å². The first-order valence-corrected chi connectivity index (χ1v) is 13.0. The van der Waals surface area contributed by atoms with Crippen LogP contribution in [0.1, 0.15) is 42.1 Å². The Bertz CT molecular complexity index is 1630. The molecule has 1 N–H and O–H groups in total. The van der Waals surface area contributed by atoms with E-state index in [0.29, 0.717) is 17.4 Å². The van der Waals surface area contributed by atoms with Gasteiger partial charge >= 0.3 is 0 Å². The van der Waals surface area contributed by atoms with E-state index >= 15 is 4.39 Å². The number of hydrogen-bond donors (Lipinski definition) is 1. The number of halogens is 4. The second kappa shape index (κ2) is 11.5. The Morgan fingerprint density at radius 3 is 2.36 bits per heavy atom. The Hall–Kier alpha value is -3.26. The number of nitrogens with zero attached hydrogens (tertiary/aromatic N) is 1. The number of phenolic OH excluding ortho intramolecular Hbond substituents is 1. The smallest absolute Gasteiger partial charge is 0.195 e. The summed E-state index contributed by atoms with van der Waals surface area (Å²) in [6.45, 7) is 3.76. The van der Waals surface area contributed by atoms with Crippen molar-refractivity contribution in [3.63, 3.8) is 0 Å². The molecule has 3 aromatic rings. The van der Waals surface area contributed by atoms with E-state index in [9.17, 15) is 13.9 Å². The van der Waals surface area contributed by atoms with Crippen molar-refractivity contribution >= 4 is 30.1 Å². The molecule has 3 aliphatic rings. The van der Waals surface area contributed by atoms with Crippen LogP contribution in [0.4, 0.5) is 13.2 Å². The molecule has 1 atom stereocenters. The number of hydrogen-bond acceptors (Lipinski definition) is 4. The first-order valence-electron chi connectivity index (χ1n) is 13.0. The predicted molar refractivity (Wildman–Crippen MR) is 147 cm³/mol. The third kappa shape index (κ3) is 5.19. The number of fused-ring (bicyclic) bond motifs is 4. The molecule has 0 radical (unpaired) electrons. The van der Waals surface area contributed by atoms with Crippen LogP contribution in [-0.4, -0.2) is 36.2 Å². The molecule has 0 amide bonds. The molecule has 0 saturated carbocycles. The maximum atomic E-state index is 15.3. The summed E-state index contributed by atoms with van der Waals surface area (Å²) >= 11 is 0. The van der Waals surface area contributed by atoms with E-state index in [4.69, 9.17) is 9.47 Å². The van der Waals surface area contributed by atoms with Crippen molar-refractivity contribution in [3.05, 3.63) is 98.0 Å². The number of phenols is 1. The highest BCUT2D eigenvalue weighted by Crippen LogP contribution is 2.36. The molecule has 1 fully saturated rings. The molecule has 0 bridgehead atoms. The topological polar surface area (TPSA) is 41.9 Å². The van der Waals surface area contributed by atoms with Crippen molar-refractivity contribution in [2.24, 2.45) is 0 Å². The lowest BCUT2D eigenvalue weighted by Crippen LogP contribution is -2.33. The molecule has 1 unspecified atom stereocenters. The van der Waals surface area contributed by atoms with Crippen LogP contribution in [0, 0.1) is 10.4 Å². The molecular formula is C31H29ClF3NO3. The van der Waals surface area contributed by atoms with Gasteiger partial charge in [-0.25, -0.2) is 13.2 Å². The predicted octanol–water partition coefficient (Wildman–Crippen LogP) is 5.72. The molecule has 2 heterocycles. The van der Waals surface area contributed by atoms with E-state index in [2.05, 4.69) is 4.90 Å². The fourth-order valence-corrected chi connectivity index (χ4v) is 5.57. The fourth-order valence-electron chi connectivity index (χ4n) is 5.57. The summed E-state index contributed by atoms with van der Waals surface area (Å²) in [6, 6.07) is 15.2. The van der Waals surface area contributed by atoms with Crippen LogP contribution in [0.3, 0.4) is 0 Å². The highest BCUT2D eigenvalue weighted by Gasteiger charge is 2.27. The molecule has 6 rings (SSSR count). The Morgan fingerprint density at radius 2 is 1.62 bits per heavy atom. The van der Waals surface area contributed by atoms with E-state index in [1.54, 1.807) is 12.1 Å². The molecule has 3 aromatic carbocycles. The third-order valence-electron chi connectivity index (χ3n) is 7.56. The molecule has 1 saturated heterocycles. The van der Waals surface area contributed by atoms with Crippen molar-refractivity contribution in [1.82, 2.24) is 4.90 Å². The lowest BCUT2D eigenvalue weighted by molar-refractivity contribution is 0.0756. The molecule has 4 nitrogen and oxygen atoms in total. The van der Waals surface area contributed by atoms with Gasteiger partial charge in [-0.2, -0.15) is 0 Å². The Balaban J connectivity index is 0.00000308. The first kappa shape index (κ1) is 27.3. The van der Waals surface area contributed by atoms with Crippen LogP contribution in [0.15, 0.2) is 60.4 Å². The first-order chi connectivity index (χ1) is 18.5. The van der Waals surface area contributed by atoms with Crippen LogP contribution in [0.2, 0.25) is 0 Å². The van der Waals surface area contributed by atoms with Gasteiger partial charge in [0.2, 0.25) is 0 Å². The van der Waals surface area contributed by atoms with Crippen LogP contribution < -0.4 is 15.2 Å². The lowest BCUT2D eigenvalue weighted by atomic mass is 9.95. The highest BCUT2D eigenvalue weighted by molar-refractivity contribution is 5.85. The van der Waals surface area contributed by atoms with E-state index in [1.165, 1.54) is 43.5 Å². The van der Waals surface area contributed by atoms with Crippen molar-refractivity contribution in [1.29, 1.82) is 0 Å². The van der Waals surface area contributed by atoms with Crippen LogP contribution in [-0.2, 0) is 11.3 Å².